The number of nitrogens with two attached hydrogens (primary N) is 1. The number of benzene rings is 2. The third kappa shape index (κ3) is 2.21. The molecule has 0 aliphatic rings. The van der Waals surface area contributed by atoms with Crippen LogP contribution in [0, 0.1) is 0 Å². The second-order valence-electron chi connectivity index (χ2n) is 5.01. The first-order chi connectivity index (χ1) is 9.70. The van der Waals surface area contributed by atoms with Crippen LogP contribution in [0.25, 0.3) is 10.9 Å². The van der Waals surface area contributed by atoms with Gasteiger partial charge in [-0.3, -0.25) is 0 Å². The summed E-state index contributed by atoms with van der Waals surface area (Å²) in [6.07, 6.45) is 0.870. The Hall–Kier alpha value is -1.77. The smallest absolute Gasteiger partial charge is 0.0483 e. The van der Waals surface area contributed by atoms with E-state index in [2.05, 4.69) is 48.0 Å². The molecule has 2 nitrogen and oxygen atoms in total. The third-order valence-corrected chi connectivity index (χ3v) is 4.08. The summed E-state index contributed by atoms with van der Waals surface area (Å²) in [6.45, 7) is 0.560. The average Bonchev–Trinajstić information content (AvgIpc) is 2.74. The van der Waals surface area contributed by atoms with Crippen molar-refractivity contribution in [3.8, 4) is 0 Å². The second-order valence-corrected chi connectivity index (χ2v) is 5.45. The van der Waals surface area contributed by atoms with Gasteiger partial charge in [0.05, 0.1) is 0 Å². The fourth-order valence-electron chi connectivity index (χ4n) is 2.77. The highest BCUT2D eigenvalue weighted by Gasteiger charge is 2.13. The predicted octanol–water partition coefficient (Wildman–Crippen LogP) is 3.88. The van der Waals surface area contributed by atoms with Crippen LogP contribution in [0.5, 0.6) is 0 Å². The van der Waals surface area contributed by atoms with Crippen molar-refractivity contribution in [3.05, 3.63) is 70.4 Å². The molecule has 0 spiro atoms. The van der Waals surface area contributed by atoms with Gasteiger partial charge in [0.25, 0.3) is 0 Å². The highest BCUT2D eigenvalue weighted by molar-refractivity contribution is 6.30. The van der Waals surface area contributed by atoms with Gasteiger partial charge in [-0.15, -0.1) is 0 Å². The number of hydrogen-bond acceptors (Lipinski definition) is 1. The molecule has 0 bridgehead atoms. The van der Waals surface area contributed by atoms with Crippen LogP contribution in [0.1, 0.15) is 16.8 Å². The van der Waals surface area contributed by atoms with Gasteiger partial charge >= 0.3 is 0 Å². The molecule has 3 heteroatoms. The number of para-hydroxylation sites is 1. The lowest BCUT2D eigenvalue weighted by Crippen LogP contribution is -2.04. The van der Waals surface area contributed by atoms with Gasteiger partial charge in [-0.1, -0.05) is 41.9 Å². The molecule has 0 atom stereocenters. The highest BCUT2D eigenvalue weighted by Crippen LogP contribution is 2.27. The van der Waals surface area contributed by atoms with E-state index in [4.69, 9.17) is 17.3 Å². The number of halogens is 1. The van der Waals surface area contributed by atoms with Crippen molar-refractivity contribution in [2.75, 3.05) is 0 Å². The van der Waals surface area contributed by atoms with Crippen LogP contribution in [0.3, 0.4) is 0 Å². The Balaban J connectivity index is 2.10. The van der Waals surface area contributed by atoms with Gasteiger partial charge in [-0.25, -0.2) is 0 Å². The Labute approximate surface area is 123 Å². The Morgan fingerprint density at radius 2 is 1.75 bits per heavy atom. The van der Waals surface area contributed by atoms with Crippen LogP contribution in [-0.2, 0) is 20.0 Å². The summed E-state index contributed by atoms with van der Waals surface area (Å²) in [4.78, 5) is 0. The molecule has 0 fully saturated rings. The fourth-order valence-corrected chi connectivity index (χ4v) is 2.90. The molecule has 2 aromatic carbocycles. The molecular weight excluding hydrogens is 268 g/mol. The van der Waals surface area contributed by atoms with Gasteiger partial charge in [0.15, 0.2) is 0 Å². The zero-order valence-corrected chi connectivity index (χ0v) is 12.2. The largest absolute Gasteiger partial charge is 0.347 e. The minimum atomic E-state index is 0.560. The lowest BCUT2D eigenvalue weighted by molar-refractivity contribution is 0.857. The van der Waals surface area contributed by atoms with Crippen molar-refractivity contribution in [2.24, 2.45) is 12.8 Å². The van der Waals surface area contributed by atoms with Crippen LogP contribution in [-0.4, -0.2) is 4.57 Å². The van der Waals surface area contributed by atoms with E-state index in [9.17, 15) is 0 Å². The lowest BCUT2D eigenvalue weighted by Gasteiger charge is -2.07. The van der Waals surface area contributed by atoms with E-state index in [0.717, 1.165) is 11.4 Å². The van der Waals surface area contributed by atoms with Gasteiger partial charge in [-0.2, -0.15) is 0 Å². The topological polar surface area (TPSA) is 30.9 Å². The molecule has 102 valence electrons. The molecule has 3 rings (SSSR count). The van der Waals surface area contributed by atoms with Crippen LogP contribution in [0.15, 0.2) is 48.5 Å². The molecule has 1 aromatic heterocycles. The van der Waals surface area contributed by atoms with E-state index in [0.29, 0.717) is 6.54 Å². The Morgan fingerprint density at radius 1 is 1.05 bits per heavy atom. The van der Waals surface area contributed by atoms with E-state index in [-0.39, 0.29) is 0 Å². The van der Waals surface area contributed by atoms with Crippen LogP contribution < -0.4 is 5.73 Å². The zero-order chi connectivity index (χ0) is 14.1. The summed E-state index contributed by atoms with van der Waals surface area (Å²) in [5.74, 6) is 0. The van der Waals surface area contributed by atoms with Gasteiger partial charge in [0.2, 0.25) is 0 Å². The van der Waals surface area contributed by atoms with E-state index in [1.165, 1.54) is 27.7 Å². The van der Waals surface area contributed by atoms with Crippen molar-refractivity contribution in [2.45, 2.75) is 13.0 Å². The number of hydrogen-bond donors (Lipinski definition) is 1. The highest BCUT2D eigenvalue weighted by atomic mass is 35.5. The number of aryl methyl sites for hydroxylation is 1. The predicted molar refractivity (Wildman–Crippen MR) is 85.1 cm³/mol. The summed E-state index contributed by atoms with van der Waals surface area (Å²) in [5.41, 5.74) is 11.0. The number of rotatable bonds is 3. The summed E-state index contributed by atoms with van der Waals surface area (Å²) < 4.78 is 2.24. The minimum absolute atomic E-state index is 0.560. The fraction of sp³-hybridized carbons (Fsp3) is 0.176. The molecule has 0 saturated carbocycles. The molecule has 0 unspecified atom stereocenters. The van der Waals surface area contributed by atoms with E-state index < -0.39 is 0 Å². The molecule has 0 aliphatic heterocycles. The molecule has 0 radical (unpaired) electrons. The van der Waals surface area contributed by atoms with E-state index in [1.54, 1.807) is 0 Å². The van der Waals surface area contributed by atoms with Crippen LogP contribution >= 0.6 is 11.6 Å². The van der Waals surface area contributed by atoms with E-state index in [1.807, 2.05) is 12.1 Å². The van der Waals surface area contributed by atoms with Crippen molar-refractivity contribution < 1.29 is 0 Å². The van der Waals surface area contributed by atoms with Crippen molar-refractivity contribution in [1.29, 1.82) is 0 Å². The van der Waals surface area contributed by atoms with Crippen LogP contribution in [0.4, 0.5) is 0 Å². The van der Waals surface area contributed by atoms with E-state index >= 15 is 0 Å². The lowest BCUT2D eigenvalue weighted by atomic mass is 10.0. The average molecular weight is 285 g/mol. The number of aromatic nitrogens is 1. The van der Waals surface area contributed by atoms with Crippen molar-refractivity contribution in [1.82, 2.24) is 4.57 Å². The molecular formula is C17H17ClN2. The molecule has 1 heterocycles. The summed E-state index contributed by atoms with van der Waals surface area (Å²) >= 11 is 5.94. The number of nitrogens with zero attached hydrogens (tertiary/aromatic N) is 1. The summed E-state index contributed by atoms with van der Waals surface area (Å²) in [7, 11) is 2.10. The standard InChI is InChI=1S/C17H17ClN2/c1-20-16-5-3-2-4-14(16)15(11-19)17(20)10-12-6-8-13(18)9-7-12/h2-9H,10-11,19H2,1H3. The Bertz CT molecular complexity index is 742. The first-order valence-corrected chi connectivity index (χ1v) is 7.08. The van der Waals surface area contributed by atoms with Crippen molar-refractivity contribution in [3.63, 3.8) is 0 Å². The normalized spacial score (nSPS) is 11.2. The maximum atomic E-state index is 5.97. The molecule has 0 amide bonds. The Morgan fingerprint density at radius 3 is 2.45 bits per heavy atom. The maximum absolute atomic E-state index is 5.97. The Kier molecular flexibility index (Phi) is 3.51. The first-order valence-electron chi connectivity index (χ1n) is 6.70. The van der Waals surface area contributed by atoms with Gasteiger partial charge < -0.3 is 10.3 Å². The molecule has 3 aromatic rings. The SMILES string of the molecule is Cn1c(Cc2ccc(Cl)cc2)c(CN)c2ccccc21. The van der Waals surface area contributed by atoms with Crippen molar-refractivity contribution >= 4 is 22.5 Å². The monoisotopic (exact) mass is 284 g/mol. The maximum Gasteiger partial charge on any atom is 0.0483 e. The molecule has 20 heavy (non-hydrogen) atoms. The quantitative estimate of drug-likeness (QED) is 0.777. The second kappa shape index (κ2) is 5.31. The summed E-state index contributed by atoms with van der Waals surface area (Å²) in [6, 6.07) is 16.4. The molecule has 2 N–H and O–H groups in total. The summed E-state index contributed by atoms with van der Waals surface area (Å²) in [5, 5.41) is 2.02. The van der Waals surface area contributed by atoms with Gasteiger partial charge in [0.1, 0.15) is 0 Å². The van der Waals surface area contributed by atoms with Gasteiger partial charge in [-0.05, 0) is 29.3 Å². The molecule has 0 saturated heterocycles. The minimum Gasteiger partial charge on any atom is -0.347 e. The first kappa shape index (κ1) is 13.2. The van der Waals surface area contributed by atoms with Crippen LogP contribution in [0.2, 0.25) is 5.02 Å². The molecule has 0 aliphatic carbocycles. The van der Waals surface area contributed by atoms with Gasteiger partial charge in [0, 0.05) is 41.6 Å². The third-order valence-electron chi connectivity index (χ3n) is 3.83. The zero-order valence-electron chi connectivity index (χ0n) is 11.4. The number of fused-ring (bicyclic) bond motifs is 1.